The zero-order chi connectivity index (χ0) is 14.4. The van der Waals surface area contributed by atoms with Crippen molar-refractivity contribution < 1.29 is 19.5 Å². The fourth-order valence-electron chi connectivity index (χ4n) is 1.44. The Hall–Kier alpha value is -2.41. The van der Waals surface area contributed by atoms with Crippen molar-refractivity contribution in [3.63, 3.8) is 0 Å². The second-order valence-electron chi connectivity index (χ2n) is 3.99. The minimum absolute atomic E-state index is 0.146. The standard InChI is InChI=1S/C12H15N3O4/c13-9(5-10(16)17)12(19)15-6-7-2-1-3-8(4-7)11(14)18/h1-4,9H,5-6,13H2,(H2,14,18)(H,15,19)(H,16,17). The normalized spacial score (nSPS) is 11.6. The third kappa shape index (κ3) is 4.76. The lowest BCUT2D eigenvalue weighted by atomic mass is 10.1. The molecule has 0 saturated heterocycles. The number of hydrogen-bond acceptors (Lipinski definition) is 4. The number of nitrogens with one attached hydrogen (secondary N) is 1. The molecule has 2 amide bonds. The van der Waals surface area contributed by atoms with Crippen molar-refractivity contribution in [3.8, 4) is 0 Å². The summed E-state index contributed by atoms with van der Waals surface area (Å²) in [6, 6.07) is 5.35. The molecule has 0 heterocycles. The lowest BCUT2D eigenvalue weighted by molar-refractivity contribution is -0.139. The third-order valence-corrected chi connectivity index (χ3v) is 2.41. The topological polar surface area (TPSA) is 136 Å². The predicted molar refractivity (Wildman–Crippen MR) is 67.0 cm³/mol. The highest BCUT2D eigenvalue weighted by Crippen LogP contribution is 2.04. The number of amides is 2. The van der Waals surface area contributed by atoms with Crippen molar-refractivity contribution in [2.24, 2.45) is 11.5 Å². The van der Waals surface area contributed by atoms with Gasteiger partial charge < -0.3 is 21.9 Å². The summed E-state index contributed by atoms with van der Waals surface area (Å²) in [4.78, 5) is 32.8. The Morgan fingerprint density at radius 1 is 1.32 bits per heavy atom. The molecule has 1 aromatic carbocycles. The van der Waals surface area contributed by atoms with E-state index in [1.807, 2.05) is 0 Å². The maximum Gasteiger partial charge on any atom is 0.305 e. The molecule has 0 aliphatic carbocycles. The molecule has 0 aliphatic heterocycles. The van der Waals surface area contributed by atoms with Crippen molar-refractivity contribution in [1.82, 2.24) is 5.32 Å². The molecule has 19 heavy (non-hydrogen) atoms. The van der Waals surface area contributed by atoms with Crippen molar-refractivity contribution >= 4 is 17.8 Å². The first-order valence-electron chi connectivity index (χ1n) is 5.54. The maximum atomic E-state index is 11.5. The van der Waals surface area contributed by atoms with Gasteiger partial charge in [0.05, 0.1) is 12.5 Å². The molecule has 1 aromatic rings. The van der Waals surface area contributed by atoms with E-state index in [2.05, 4.69) is 5.32 Å². The molecule has 0 spiro atoms. The highest BCUT2D eigenvalue weighted by molar-refractivity contribution is 5.93. The summed E-state index contributed by atoms with van der Waals surface area (Å²) in [7, 11) is 0. The number of carboxylic acid groups (broad SMARTS) is 1. The Bertz CT molecular complexity index is 502. The van der Waals surface area contributed by atoms with Gasteiger partial charge in [-0.25, -0.2) is 0 Å². The molecule has 1 rings (SSSR count). The van der Waals surface area contributed by atoms with E-state index in [-0.39, 0.29) is 6.54 Å². The maximum absolute atomic E-state index is 11.5. The van der Waals surface area contributed by atoms with Gasteiger partial charge in [-0.2, -0.15) is 0 Å². The largest absolute Gasteiger partial charge is 0.481 e. The van der Waals surface area contributed by atoms with E-state index in [1.165, 1.54) is 0 Å². The average molecular weight is 265 g/mol. The molecule has 102 valence electrons. The highest BCUT2D eigenvalue weighted by Gasteiger charge is 2.16. The summed E-state index contributed by atoms with van der Waals surface area (Å²) >= 11 is 0. The Morgan fingerprint density at radius 3 is 2.58 bits per heavy atom. The quantitative estimate of drug-likeness (QED) is 0.534. The van der Waals surface area contributed by atoms with Crippen molar-refractivity contribution in [2.75, 3.05) is 0 Å². The van der Waals surface area contributed by atoms with Gasteiger partial charge in [-0.3, -0.25) is 14.4 Å². The zero-order valence-electron chi connectivity index (χ0n) is 10.1. The van der Waals surface area contributed by atoms with Crippen LogP contribution in [0.2, 0.25) is 0 Å². The summed E-state index contributed by atoms with van der Waals surface area (Å²) in [6.07, 6.45) is -0.437. The van der Waals surface area contributed by atoms with E-state index in [4.69, 9.17) is 16.6 Å². The Balaban J connectivity index is 2.57. The molecule has 0 fully saturated rings. The minimum Gasteiger partial charge on any atom is -0.481 e. The second-order valence-corrected chi connectivity index (χ2v) is 3.99. The number of rotatable bonds is 6. The predicted octanol–water partition coefficient (Wildman–Crippen LogP) is -0.796. The van der Waals surface area contributed by atoms with Crippen LogP contribution in [0.1, 0.15) is 22.3 Å². The van der Waals surface area contributed by atoms with Gasteiger partial charge in [-0.05, 0) is 17.7 Å². The fraction of sp³-hybridized carbons (Fsp3) is 0.250. The summed E-state index contributed by atoms with van der Waals surface area (Å²) in [5.41, 5.74) is 11.5. The second kappa shape index (κ2) is 6.50. The van der Waals surface area contributed by atoms with E-state index in [0.717, 1.165) is 0 Å². The van der Waals surface area contributed by atoms with E-state index in [1.54, 1.807) is 24.3 Å². The average Bonchev–Trinajstić information content (AvgIpc) is 2.35. The van der Waals surface area contributed by atoms with Crippen LogP contribution in [0.4, 0.5) is 0 Å². The number of carboxylic acids is 1. The lowest BCUT2D eigenvalue weighted by Crippen LogP contribution is -2.41. The number of aliphatic carboxylic acids is 1. The summed E-state index contributed by atoms with van der Waals surface area (Å²) in [5.74, 6) is -2.26. The first-order valence-corrected chi connectivity index (χ1v) is 5.54. The molecular weight excluding hydrogens is 250 g/mol. The Kier molecular flexibility index (Phi) is 5.01. The first kappa shape index (κ1) is 14.7. The van der Waals surface area contributed by atoms with Gasteiger partial charge in [0.1, 0.15) is 0 Å². The Morgan fingerprint density at radius 2 is 2.00 bits per heavy atom. The molecule has 0 saturated carbocycles. The van der Waals surface area contributed by atoms with Gasteiger partial charge in [-0.15, -0.1) is 0 Å². The molecule has 0 radical (unpaired) electrons. The van der Waals surface area contributed by atoms with E-state index >= 15 is 0 Å². The molecular formula is C12H15N3O4. The van der Waals surface area contributed by atoms with Gasteiger partial charge in [-0.1, -0.05) is 12.1 Å². The monoisotopic (exact) mass is 265 g/mol. The minimum atomic E-state index is -1.14. The van der Waals surface area contributed by atoms with E-state index < -0.39 is 30.2 Å². The summed E-state index contributed by atoms with van der Waals surface area (Å²) < 4.78 is 0. The number of nitrogens with two attached hydrogens (primary N) is 2. The number of hydrogen-bond donors (Lipinski definition) is 4. The summed E-state index contributed by atoms with van der Waals surface area (Å²) in [5, 5.41) is 11.0. The van der Waals surface area contributed by atoms with Gasteiger partial charge in [0, 0.05) is 12.1 Å². The van der Waals surface area contributed by atoms with Gasteiger partial charge in [0.2, 0.25) is 11.8 Å². The van der Waals surface area contributed by atoms with Gasteiger partial charge in [0.15, 0.2) is 0 Å². The van der Waals surface area contributed by atoms with Crippen LogP contribution in [-0.2, 0) is 16.1 Å². The molecule has 7 heteroatoms. The molecule has 6 N–H and O–H groups in total. The SMILES string of the molecule is NC(=O)c1cccc(CNC(=O)C(N)CC(=O)O)c1. The van der Waals surface area contributed by atoms with Crippen molar-refractivity contribution in [3.05, 3.63) is 35.4 Å². The molecule has 0 aliphatic rings. The summed E-state index contributed by atoms with van der Waals surface area (Å²) in [6.45, 7) is 0.146. The number of carbonyl (C=O) groups excluding carboxylic acids is 2. The molecule has 1 unspecified atom stereocenters. The Labute approximate surface area is 109 Å². The number of carbonyl (C=O) groups is 3. The van der Waals surface area contributed by atoms with Crippen LogP contribution < -0.4 is 16.8 Å². The number of benzene rings is 1. The van der Waals surface area contributed by atoms with Crippen LogP contribution in [0.15, 0.2) is 24.3 Å². The van der Waals surface area contributed by atoms with Gasteiger partial charge >= 0.3 is 5.97 Å². The van der Waals surface area contributed by atoms with Crippen LogP contribution in [0.3, 0.4) is 0 Å². The molecule has 0 aromatic heterocycles. The lowest BCUT2D eigenvalue weighted by Gasteiger charge is -2.10. The van der Waals surface area contributed by atoms with Crippen LogP contribution in [0.25, 0.3) is 0 Å². The van der Waals surface area contributed by atoms with E-state index in [9.17, 15) is 14.4 Å². The van der Waals surface area contributed by atoms with Crippen LogP contribution in [0, 0.1) is 0 Å². The van der Waals surface area contributed by atoms with Crippen LogP contribution >= 0.6 is 0 Å². The third-order valence-electron chi connectivity index (χ3n) is 2.41. The molecule has 7 nitrogen and oxygen atoms in total. The van der Waals surface area contributed by atoms with Crippen LogP contribution in [-0.4, -0.2) is 28.9 Å². The molecule has 1 atom stereocenters. The molecule has 0 bridgehead atoms. The smallest absolute Gasteiger partial charge is 0.305 e. The number of primary amides is 1. The van der Waals surface area contributed by atoms with E-state index in [0.29, 0.717) is 11.1 Å². The van der Waals surface area contributed by atoms with Crippen molar-refractivity contribution in [1.29, 1.82) is 0 Å². The zero-order valence-corrected chi connectivity index (χ0v) is 10.1. The van der Waals surface area contributed by atoms with Crippen LogP contribution in [0.5, 0.6) is 0 Å². The first-order chi connectivity index (χ1) is 8.90. The van der Waals surface area contributed by atoms with Crippen molar-refractivity contribution in [2.45, 2.75) is 19.0 Å². The highest BCUT2D eigenvalue weighted by atomic mass is 16.4. The van der Waals surface area contributed by atoms with Gasteiger partial charge in [0.25, 0.3) is 0 Å². The fourth-order valence-corrected chi connectivity index (χ4v) is 1.44.